The molecule has 0 aliphatic carbocycles. The number of anilines is 2. The zero-order valence-corrected chi connectivity index (χ0v) is 12.6. The van der Waals surface area contributed by atoms with Gasteiger partial charge in [-0.2, -0.15) is 0 Å². The number of ketones is 1. The second-order valence-electron chi connectivity index (χ2n) is 4.45. The molecule has 2 aromatic carbocycles. The molecule has 0 atom stereocenters. The van der Waals surface area contributed by atoms with Crippen molar-refractivity contribution in [2.45, 2.75) is 6.92 Å². The van der Waals surface area contributed by atoms with Crippen LogP contribution in [0.2, 0.25) is 10.0 Å². The largest absolute Gasteiger partial charge is 0.399 e. The molecule has 21 heavy (non-hydrogen) atoms. The molecule has 0 bridgehead atoms. The van der Waals surface area contributed by atoms with Crippen molar-refractivity contribution in [1.82, 2.24) is 0 Å². The van der Waals surface area contributed by atoms with Gasteiger partial charge in [-0.1, -0.05) is 23.2 Å². The second-order valence-corrected chi connectivity index (χ2v) is 5.24. The SMILES string of the molecule is CC(=O)c1ccc(NC(=O)c2cc(N)cc(Cl)c2Cl)cc1. The first-order chi connectivity index (χ1) is 9.88. The van der Waals surface area contributed by atoms with Crippen LogP contribution < -0.4 is 11.1 Å². The summed E-state index contributed by atoms with van der Waals surface area (Å²) in [7, 11) is 0. The van der Waals surface area contributed by atoms with E-state index in [-0.39, 0.29) is 21.4 Å². The van der Waals surface area contributed by atoms with Gasteiger partial charge in [-0.25, -0.2) is 0 Å². The number of rotatable bonds is 3. The third-order valence-electron chi connectivity index (χ3n) is 2.84. The van der Waals surface area contributed by atoms with Crippen LogP contribution in [0.15, 0.2) is 36.4 Å². The van der Waals surface area contributed by atoms with Crippen molar-refractivity contribution in [3.05, 3.63) is 57.6 Å². The highest BCUT2D eigenvalue weighted by Crippen LogP contribution is 2.29. The molecule has 0 aromatic heterocycles. The predicted molar refractivity (Wildman–Crippen MR) is 85.3 cm³/mol. The van der Waals surface area contributed by atoms with Crippen LogP contribution in [0.4, 0.5) is 11.4 Å². The Balaban J connectivity index is 2.24. The summed E-state index contributed by atoms with van der Waals surface area (Å²) in [6, 6.07) is 9.46. The van der Waals surface area contributed by atoms with Crippen LogP contribution in [-0.2, 0) is 0 Å². The molecule has 0 unspecified atom stereocenters. The van der Waals surface area contributed by atoms with Crippen molar-refractivity contribution >= 4 is 46.3 Å². The topological polar surface area (TPSA) is 72.2 Å². The van der Waals surface area contributed by atoms with Gasteiger partial charge in [0.05, 0.1) is 15.6 Å². The number of carbonyl (C=O) groups excluding carboxylic acids is 2. The normalized spacial score (nSPS) is 10.2. The summed E-state index contributed by atoms with van der Waals surface area (Å²) < 4.78 is 0. The van der Waals surface area contributed by atoms with Gasteiger partial charge in [-0.3, -0.25) is 9.59 Å². The van der Waals surface area contributed by atoms with E-state index in [9.17, 15) is 9.59 Å². The van der Waals surface area contributed by atoms with E-state index in [1.807, 2.05) is 0 Å². The van der Waals surface area contributed by atoms with E-state index in [2.05, 4.69) is 5.32 Å². The number of halogens is 2. The van der Waals surface area contributed by atoms with Crippen LogP contribution in [0.3, 0.4) is 0 Å². The first kappa shape index (κ1) is 15.4. The second kappa shape index (κ2) is 6.16. The molecule has 0 radical (unpaired) electrons. The highest BCUT2D eigenvalue weighted by Gasteiger charge is 2.14. The molecular formula is C15H12Cl2N2O2. The highest BCUT2D eigenvalue weighted by atomic mass is 35.5. The van der Waals surface area contributed by atoms with Crippen LogP contribution in [0.25, 0.3) is 0 Å². The molecule has 2 aromatic rings. The van der Waals surface area contributed by atoms with Gasteiger partial charge in [0.1, 0.15) is 0 Å². The number of nitrogens with one attached hydrogen (secondary N) is 1. The molecule has 0 fully saturated rings. The van der Waals surface area contributed by atoms with Gasteiger partial charge in [0.25, 0.3) is 5.91 Å². The third-order valence-corrected chi connectivity index (χ3v) is 3.65. The minimum Gasteiger partial charge on any atom is -0.399 e. The van der Waals surface area contributed by atoms with Crippen molar-refractivity contribution in [3.8, 4) is 0 Å². The quantitative estimate of drug-likeness (QED) is 0.661. The molecule has 0 aliphatic rings. The lowest BCUT2D eigenvalue weighted by Crippen LogP contribution is -2.13. The lowest BCUT2D eigenvalue weighted by molar-refractivity contribution is 0.101. The van der Waals surface area contributed by atoms with Crippen LogP contribution in [0.1, 0.15) is 27.6 Å². The average molecular weight is 323 g/mol. The summed E-state index contributed by atoms with van der Waals surface area (Å²) in [6.07, 6.45) is 0. The smallest absolute Gasteiger partial charge is 0.257 e. The van der Waals surface area contributed by atoms with E-state index in [1.165, 1.54) is 19.1 Å². The molecule has 6 heteroatoms. The summed E-state index contributed by atoms with van der Waals surface area (Å²) in [5, 5.41) is 3.03. The Kier molecular flexibility index (Phi) is 4.50. The van der Waals surface area contributed by atoms with Crippen LogP contribution in [0.5, 0.6) is 0 Å². The van der Waals surface area contributed by atoms with Crippen molar-refractivity contribution in [2.24, 2.45) is 0 Å². The maximum absolute atomic E-state index is 12.2. The summed E-state index contributed by atoms with van der Waals surface area (Å²) in [6.45, 7) is 1.47. The van der Waals surface area contributed by atoms with Gasteiger partial charge in [-0.05, 0) is 43.3 Å². The van der Waals surface area contributed by atoms with Crippen molar-refractivity contribution in [1.29, 1.82) is 0 Å². The van der Waals surface area contributed by atoms with Gasteiger partial charge in [0.2, 0.25) is 0 Å². The molecular weight excluding hydrogens is 311 g/mol. The summed E-state index contributed by atoms with van der Waals surface area (Å²) in [4.78, 5) is 23.4. The molecule has 3 N–H and O–H groups in total. The average Bonchev–Trinajstić information content (AvgIpc) is 2.43. The number of nitrogen functional groups attached to an aromatic ring is 1. The summed E-state index contributed by atoms with van der Waals surface area (Å²) >= 11 is 11.9. The van der Waals surface area contributed by atoms with E-state index < -0.39 is 5.91 Å². The first-order valence-electron chi connectivity index (χ1n) is 6.05. The van der Waals surface area contributed by atoms with Gasteiger partial charge < -0.3 is 11.1 Å². The number of nitrogens with two attached hydrogens (primary N) is 1. The van der Waals surface area contributed by atoms with E-state index in [0.717, 1.165) is 0 Å². The van der Waals surface area contributed by atoms with Crippen LogP contribution in [-0.4, -0.2) is 11.7 Å². The lowest BCUT2D eigenvalue weighted by atomic mass is 10.1. The Morgan fingerprint density at radius 3 is 2.29 bits per heavy atom. The third kappa shape index (κ3) is 3.54. The fraction of sp³-hybridized carbons (Fsp3) is 0.0667. The Morgan fingerprint density at radius 1 is 1.10 bits per heavy atom. The van der Waals surface area contributed by atoms with Crippen LogP contribution in [0, 0.1) is 0 Å². The van der Waals surface area contributed by atoms with E-state index in [4.69, 9.17) is 28.9 Å². The monoisotopic (exact) mass is 322 g/mol. The Labute approximate surface area is 131 Å². The van der Waals surface area contributed by atoms with E-state index >= 15 is 0 Å². The maximum atomic E-state index is 12.2. The zero-order chi connectivity index (χ0) is 15.6. The number of hydrogen-bond donors (Lipinski definition) is 2. The fourth-order valence-corrected chi connectivity index (χ4v) is 2.18. The molecule has 4 nitrogen and oxygen atoms in total. The molecule has 0 saturated heterocycles. The maximum Gasteiger partial charge on any atom is 0.257 e. The molecule has 0 saturated carbocycles. The molecule has 0 aliphatic heterocycles. The van der Waals surface area contributed by atoms with E-state index in [0.29, 0.717) is 16.9 Å². The van der Waals surface area contributed by atoms with Gasteiger partial charge >= 0.3 is 0 Å². The number of amides is 1. The predicted octanol–water partition coefficient (Wildman–Crippen LogP) is 4.03. The highest BCUT2D eigenvalue weighted by molar-refractivity contribution is 6.44. The van der Waals surface area contributed by atoms with Gasteiger partial charge in [-0.15, -0.1) is 0 Å². The minimum atomic E-state index is -0.426. The Hall–Kier alpha value is -2.04. The van der Waals surface area contributed by atoms with Crippen LogP contribution >= 0.6 is 23.2 Å². The zero-order valence-electron chi connectivity index (χ0n) is 11.1. The van der Waals surface area contributed by atoms with Crippen molar-refractivity contribution < 1.29 is 9.59 Å². The first-order valence-corrected chi connectivity index (χ1v) is 6.81. The number of hydrogen-bond acceptors (Lipinski definition) is 3. The minimum absolute atomic E-state index is 0.0430. The fourth-order valence-electron chi connectivity index (χ4n) is 1.76. The van der Waals surface area contributed by atoms with Crippen molar-refractivity contribution in [3.63, 3.8) is 0 Å². The molecule has 0 heterocycles. The standard InChI is InChI=1S/C15H12Cl2N2O2/c1-8(20)9-2-4-11(5-3-9)19-15(21)12-6-10(18)7-13(16)14(12)17/h2-7H,18H2,1H3,(H,19,21). The number of benzene rings is 2. The Morgan fingerprint density at radius 2 is 1.71 bits per heavy atom. The van der Waals surface area contributed by atoms with Gasteiger partial charge in [0.15, 0.2) is 5.78 Å². The molecule has 1 amide bonds. The Bertz CT molecular complexity index is 712. The summed E-state index contributed by atoms with van der Waals surface area (Å²) in [5.74, 6) is -0.469. The van der Waals surface area contributed by atoms with E-state index in [1.54, 1.807) is 24.3 Å². The molecule has 2 rings (SSSR count). The van der Waals surface area contributed by atoms with Crippen molar-refractivity contribution in [2.75, 3.05) is 11.1 Å². The number of Topliss-reactive ketones (excluding diaryl/α,β-unsaturated/α-hetero) is 1. The number of carbonyl (C=O) groups is 2. The molecule has 108 valence electrons. The lowest BCUT2D eigenvalue weighted by Gasteiger charge is -2.09. The summed E-state index contributed by atoms with van der Waals surface area (Å²) in [5.41, 5.74) is 7.30. The van der Waals surface area contributed by atoms with Gasteiger partial charge in [0, 0.05) is 16.9 Å². The molecule has 0 spiro atoms.